The van der Waals surface area contributed by atoms with Gasteiger partial charge < -0.3 is 0 Å². The molecule has 0 saturated carbocycles. The Hall–Kier alpha value is -1.61. The third-order valence-electron chi connectivity index (χ3n) is 2.60. The predicted molar refractivity (Wildman–Crippen MR) is 65.0 cm³/mol. The van der Waals surface area contributed by atoms with Crippen LogP contribution in [0.5, 0.6) is 0 Å². The van der Waals surface area contributed by atoms with Crippen molar-refractivity contribution >= 4 is 28.4 Å². The van der Waals surface area contributed by atoms with E-state index in [1.54, 1.807) is 0 Å². The zero-order valence-corrected chi connectivity index (χ0v) is 9.78. The van der Waals surface area contributed by atoms with Crippen molar-refractivity contribution in [3.05, 3.63) is 40.7 Å². The number of aromatic nitrogens is 3. The molecule has 0 atom stereocenters. The highest BCUT2D eigenvalue weighted by Crippen LogP contribution is 2.23. The highest BCUT2D eigenvalue weighted by Gasteiger charge is 2.09. The molecule has 0 saturated heterocycles. The first-order valence-electron chi connectivity index (χ1n) is 5.07. The van der Waals surface area contributed by atoms with Gasteiger partial charge in [0, 0.05) is 11.9 Å². The van der Waals surface area contributed by atoms with Gasteiger partial charge in [0.15, 0.2) is 5.65 Å². The van der Waals surface area contributed by atoms with Crippen molar-refractivity contribution in [1.29, 1.82) is 0 Å². The van der Waals surface area contributed by atoms with E-state index in [9.17, 15) is 0 Å². The van der Waals surface area contributed by atoms with E-state index in [-0.39, 0.29) is 0 Å². The molecule has 80 valence electrons. The molecule has 0 N–H and O–H groups in total. The molecule has 4 heteroatoms. The number of nitrogens with zero attached hydrogens (tertiary/aromatic N) is 3. The number of hydrogen-bond acceptors (Lipinski definition) is 2. The van der Waals surface area contributed by atoms with Crippen LogP contribution in [0.15, 0.2) is 24.4 Å². The van der Waals surface area contributed by atoms with E-state index in [1.165, 1.54) is 5.56 Å². The molecule has 3 rings (SSSR count). The Labute approximate surface area is 97.7 Å². The summed E-state index contributed by atoms with van der Waals surface area (Å²) in [7, 11) is 0. The molecule has 0 amide bonds. The maximum absolute atomic E-state index is 6.16. The monoisotopic (exact) mass is 231 g/mol. The lowest BCUT2D eigenvalue weighted by Gasteiger charge is -1.97. The first-order chi connectivity index (χ1) is 7.65. The van der Waals surface area contributed by atoms with E-state index >= 15 is 0 Å². The molecule has 3 nitrogen and oxygen atoms in total. The van der Waals surface area contributed by atoms with Gasteiger partial charge in [0.25, 0.3) is 0 Å². The molecular weight excluding hydrogens is 222 g/mol. The largest absolute Gasteiger partial charge is 0.284 e. The molecule has 0 radical (unpaired) electrons. The lowest BCUT2D eigenvalue weighted by molar-refractivity contribution is 1.14. The molecule has 16 heavy (non-hydrogen) atoms. The first kappa shape index (κ1) is 9.60. The Balaban J connectivity index is 2.55. The average molecular weight is 232 g/mol. The lowest BCUT2D eigenvalue weighted by atomic mass is 10.3. The Bertz CT molecular complexity index is 700. The van der Waals surface area contributed by atoms with Crippen LogP contribution in [0.3, 0.4) is 0 Å². The van der Waals surface area contributed by atoms with Gasteiger partial charge >= 0.3 is 0 Å². The van der Waals surface area contributed by atoms with Crippen LogP contribution < -0.4 is 0 Å². The second kappa shape index (κ2) is 3.19. The van der Waals surface area contributed by atoms with E-state index in [2.05, 4.69) is 9.97 Å². The smallest absolute Gasteiger partial charge is 0.166 e. The molecule has 3 aromatic heterocycles. The van der Waals surface area contributed by atoms with E-state index in [4.69, 9.17) is 11.6 Å². The van der Waals surface area contributed by atoms with Gasteiger partial charge in [-0.15, -0.1) is 0 Å². The first-order valence-corrected chi connectivity index (χ1v) is 5.44. The fourth-order valence-electron chi connectivity index (χ4n) is 1.85. The summed E-state index contributed by atoms with van der Waals surface area (Å²) in [5, 5.41) is 0.656. The summed E-state index contributed by atoms with van der Waals surface area (Å²) in [4.78, 5) is 8.96. The molecule has 0 fully saturated rings. The highest BCUT2D eigenvalue weighted by molar-refractivity contribution is 6.34. The molecular formula is C12H10ClN3. The Morgan fingerprint density at radius 3 is 2.81 bits per heavy atom. The zero-order chi connectivity index (χ0) is 11.3. The standard InChI is InChI=1S/C12H10ClN3/c1-7-3-4-16-10(5-7)15-11-9(13)6-8(2)14-12(11)16/h3-6H,1-2H3. The van der Waals surface area contributed by atoms with Gasteiger partial charge in [-0.2, -0.15) is 0 Å². The number of hydrogen-bond donors (Lipinski definition) is 0. The van der Waals surface area contributed by atoms with Gasteiger partial charge in [-0.05, 0) is 37.6 Å². The molecule has 3 heterocycles. The highest BCUT2D eigenvalue weighted by atomic mass is 35.5. The second-order valence-electron chi connectivity index (χ2n) is 3.96. The van der Waals surface area contributed by atoms with E-state index < -0.39 is 0 Å². The SMILES string of the molecule is Cc1ccn2c(c1)nc1c(Cl)cc(C)nc12. The quantitative estimate of drug-likeness (QED) is 0.595. The van der Waals surface area contributed by atoms with Crippen molar-refractivity contribution in [2.75, 3.05) is 0 Å². The molecule has 0 spiro atoms. The second-order valence-corrected chi connectivity index (χ2v) is 4.37. The number of fused-ring (bicyclic) bond motifs is 3. The van der Waals surface area contributed by atoms with Crippen LogP contribution in [0, 0.1) is 13.8 Å². The molecule has 3 aromatic rings. The van der Waals surface area contributed by atoms with Crippen LogP contribution >= 0.6 is 11.6 Å². The number of halogens is 1. The Kier molecular flexibility index (Phi) is 1.91. The minimum atomic E-state index is 0.656. The summed E-state index contributed by atoms with van der Waals surface area (Å²) < 4.78 is 1.96. The molecule has 0 aliphatic carbocycles. The molecule has 0 aliphatic heterocycles. The summed E-state index contributed by atoms with van der Waals surface area (Å²) >= 11 is 6.16. The molecule has 0 bridgehead atoms. The van der Waals surface area contributed by atoms with Gasteiger partial charge in [-0.1, -0.05) is 11.6 Å². The van der Waals surface area contributed by atoms with Crippen molar-refractivity contribution in [3.63, 3.8) is 0 Å². The van der Waals surface area contributed by atoms with E-state index in [1.807, 2.05) is 42.6 Å². The number of rotatable bonds is 0. The Morgan fingerprint density at radius 2 is 2.00 bits per heavy atom. The van der Waals surface area contributed by atoms with Crippen molar-refractivity contribution in [2.45, 2.75) is 13.8 Å². The van der Waals surface area contributed by atoms with Gasteiger partial charge in [0.1, 0.15) is 11.2 Å². The van der Waals surface area contributed by atoms with Gasteiger partial charge in [0.2, 0.25) is 0 Å². The minimum absolute atomic E-state index is 0.656. The fourth-order valence-corrected chi connectivity index (χ4v) is 2.14. The summed E-state index contributed by atoms with van der Waals surface area (Å²) in [6, 6.07) is 5.89. The van der Waals surface area contributed by atoms with E-state index in [0.29, 0.717) is 5.02 Å². The molecule has 0 aliphatic rings. The maximum atomic E-state index is 6.16. The molecule has 0 aromatic carbocycles. The van der Waals surface area contributed by atoms with Crippen LogP contribution in [0.4, 0.5) is 0 Å². The fraction of sp³-hybridized carbons (Fsp3) is 0.167. The number of aryl methyl sites for hydroxylation is 2. The lowest BCUT2D eigenvalue weighted by Crippen LogP contribution is -1.88. The number of pyridine rings is 2. The summed E-state index contributed by atoms with van der Waals surface area (Å²) in [6.07, 6.45) is 1.97. The van der Waals surface area contributed by atoms with Crippen molar-refractivity contribution in [1.82, 2.24) is 14.4 Å². The summed E-state index contributed by atoms with van der Waals surface area (Å²) in [6.45, 7) is 3.97. The third-order valence-corrected chi connectivity index (χ3v) is 2.89. The topological polar surface area (TPSA) is 30.2 Å². The van der Waals surface area contributed by atoms with Crippen molar-refractivity contribution in [3.8, 4) is 0 Å². The van der Waals surface area contributed by atoms with Crippen LogP contribution in [0.2, 0.25) is 5.02 Å². The zero-order valence-electron chi connectivity index (χ0n) is 9.03. The van der Waals surface area contributed by atoms with Gasteiger partial charge in [0.05, 0.1) is 5.02 Å². The normalized spacial score (nSPS) is 11.4. The molecule has 0 unspecified atom stereocenters. The van der Waals surface area contributed by atoms with Gasteiger partial charge in [-0.25, -0.2) is 9.97 Å². The minimum Gasteiger partial charge on any atom is -0.284 e. The average Bonchev–Trinajstić information content (AvgIpc) is 2.56. The maximum Gasteiger partial charge on any atom is 0.166 e. The van der Waals surface area contributed by atoms with Crippen LogP contribution in [0.25, 0.3) is 16.8 Å². The number of imidazole rings is 1. The van der Waals surface area contributed by atoms with Crippen molar-refractivity contribution in [2.24, 2.45) is 0 Å². The Morgan fingerprint density at radius 1 is 1.19 bits per heavy atom. The van der Waals surface area contributed by atoms with Crippen LogP contribution in [-0.2, 0) is 0 Å². The van der Waals surface area contributed by atoms with E-state index in [0.717, 1.165) is 22.5 Å². The third kappa shape index (κ3) is 1.28. The predicted octanol–water partition coefficient (Wildman–Crippen LogP) is 3.15. The summed E-state index contributed by atoms with van der Waals surface area (Å²) in [5.41, 5.74) is 4.54. The van der Waals surface area contributed by atoms with Crippen molar-refractivity contribution < 1.29 is 0 Å². The van der Waals surface area contributed by atoms with Crippen LogP contribution in [0.1, 0.15) is 11.3 Å². The van der Waals surface area contributed by atoms with Gasteiger partial charge in [-0.3, -0.25) is 4.40 Å². The summed E-state index contributed by atoms with van der Waals surface area (Å²) in [5.74, 6) is 0. The van der Waals surface area contributed by atoms with Crippen LogP contribution in [-0.4, -0.2) is 14.4 Å².